The summed E-state index contributed by atoms with van der Waals surface area (Å²) in [5, 5.41) is 9.82. The van der Waals surface area contributed by atoms with E-state index in [4.69, 9.17) is 21.1 Å². The maximum Gasteiger partial charge on any atom is 0.231 e. The number of ketones is 1. The third-order valence-electron chi connectivity index (χ3n) is 3.98. The third-order valence-corrected chi connectivity index (χ3v) is 4.27. The Balaban J connectivity index is 1.59. The zero-order chi connectivity index (χ0) is 18.1. The van der Waals surface area contributed by atoms with Crippen molar-refractivity contribution >= 4 is 34.5 Å². The first-order chi connectivity index (χ1) is 12.7. The lowest BCUT2D eigenvalue weighted by molar-refractivity contribution is -0.114. The summed E-state index contributed by atoms with van der Waals surface area (Å²) < 4.78 is 10.6. The van der Waals surface area contributed by atoms with Gasteiger partial charge in [-0.25, -0.2) is 4.98 Å². The van der Waals surface area contributed by atoms with Crippen LogP contribution >= 0.6 is 11.6 Å². The van der Waals surface area contributed by atoms with E-state index in [1.807, 2.05) is 30.3 Å². The summed E-state index contributed by atoms with van der Waals surface area (Å²) in [7, 11) is 0. The SMILES string of the molecule is N#CC(C(=O)/C=C/c1cc(Cl)c2c(c1)OCO2)c1nc2ccccc2[nH]1. The molecule has 1 atom stereocenters. The molecule has 1 aromatic heterocycles. The summed E-state index contributed by atoms with van der Waals surface area (Å²) in [6.07, 6.45) is 2.93. The van der Waals surface area contributed by atoms with Gasteiger partial charge in [-0.15, -0.1) is 0 Å². The Hall–Kier alpha value is -3.30. The fourth-order valence-electron chi connectivity index (χ4n) is 2.73. The molecule has 1 unspecified atom stereocenters. The fourth-order valence-corrected chi connectivity index (χ4v) is 3.00. The monoisotopic (exact) mass is 365 g/mol. The average molecular weight is 366 g/mol. The topological polar surface area (TPSA) is 88.0 Å². The number of nitrogens with one attached hydrogen (secondary N) is 1. The van der Waals surface area contributed by atoms with Crippen molar-refractivity contribution in [3.05, 3.63) is 58.9 Å². The molecule has 0 bridgehead atoms. The number of fused-ring (bicyclic) bond motifs is 2. The highest BCUT2D eigenvalue weighted by Crippen LogP contribution is 2.40. The normalized spacial score (nSPS) is 13.8. The summed E-state index contributed by atoms with van der Waals surface area (Å²) >= 11 is 6.13. The molecule has 0 spiro atoms. The number of allylic oxidation sites excluding steroid dienone is 1. The van der Waals surface area contributed by atoms with Crippen LogP contribution in [0.2, 0.25) is 5.02 Å². The fraction of sp³-hybridized carbons (Fsp3) is 0.105. The third kappa shape index (κ3) is 2.89. The number of ether oxygens (including phenoxy) is 2. The van der Waals surface area contributed by atoms with E-state index >= 15 is 0 Å². The summed E-state index contributed by atoms with van der Waals surface area (Å²) in [5.74, 6) is -0.0402. The minimum absolute atomic E-state index is 0.115. The van der Waals surface area contributed by atoms with Gasteiger partial charge < -0.3 is 14.5 Å². The molecular weight excluding hydrogens is 354 g/mol. The minimum Gasteiger partial charge on any atom is -0.454 e. The zero-order valence-corrected chi connectivity index (χ0v) is 14.2. The number of imidazole rings is 1. The molecule has 0 amide bonds. The molecule has 1 aliphatic heterocycles. The van der Waals surface area contributed by atoms with E-state index in [1.54, 1.807) is 18.2 Å². The lowest BCUT2D eigenvalue weighted by Crippen LogP contribution is -2.09. The molecule has 26 heavy (non-hydrogen) atoms. The Kier molecular flexibility index (Phi) is 4.07. The molecule has 7 heteroatoms. The van der Waals surface area contributed by atoms with Crippen LogP contribution in [0.25, 0.3) is 17.1 Å². The van der Waals surface area contributed by atoms with Crippen molar-refractivity contribution < 1.29 is 14.3 Å². The number of nitrogens with zero attached hydrogens (tertiary/aromatic N) is 2. The first-order valence-electron chi connectivity index (χ1n) is 7.81. The molecule has 3 aromatic rings. The Labute approximate surface area is 153 Å². The van der Waals surface area contributed by atoms with Gasteiger partial charge in [0, 0.05) is 0 Å². The number of nitriles is 1. The van der Waals surface area contributed by atoms with E-state index in [1.165, 1.54) is 6.08 Å². The van der Waals surface area contributed by atoms with E-state index in [9.17, 15) is 10.1 Å². The number of H-pyrrole nitrogens is 1. The van der Waals surface area contributed by atoms with Gasteiger partial charge in [0.25, 0.3) is 0 Å². The molecule has 1 aliphatic rings. The number of benzene rings is 2. The van der Waals surface area contributed by atoms with Gasteiger partial charge >= 0.3 is 0 Å². The Bertz CT molecular complexity index is 1050. The molecule has 0 saturated carbocycles. The molecular formula is C19H12ClN3O3. The van der Waals surface area contributed by atoms with Gasteiger partial charge in [0.1, 0.15) is 5.82 Å². The van der Waals surface area contributed by atoms with Gasteiger partial charge in [0.05, 0.1) is 22.1 Å². The second-order valence-corrected chi connectivity index (χ2v) is 6.08. The standard InChI is InChI=1S/C19H12ClN3O3/c20-13-7-11(8-17-18(13)26-10-25-17)5-6-16(24)12(9-21)19-22-14-3-1-2-4-15(14)23-19/h1-8,12H,10H2,(H,22,23)/b6-5+. The summed E-state index contributed by atoms with van der Waals surface area (Å²) in [5.41, 5.74) is 2.16. The quantitative estimate of drug-likeness (QED) is 0.710. The number of para-hydroxylation sites is 2. The van der Waals surface area contributed by atoms with Gasteiger partial charge in [0.2, 0.25) is 6.79 Å². The smallest absolute Gasteiger partial charge is 0.231 e. The Morgan fingerprint density at radius 1 is 1.35 bits per heavy atom. The predicted octanol–water partition coefficient (Wildman–Crippen LogP) is 3.83. The van der Waals surface area contributed by atoms with E-state index in [0.717, 1.165) is 5.52 Å². The van der Waals surface area contributed by atoms with E-state index in [-0.39, 0.29) is 12.6 Å². The van der Waals surface area contributed by atoms with Crippen molar-refractivity contribution in [2.75, 3.05) is 6.79 Å². The number of hydrogen-bond acceptors (Lipinski definition) is 5. The van der Waals surface area contributed by atoms with Gasteiger partial charge in [-0.1, -0.05) is 29.8 Å². The maximum absolute atomic E-state index is 12.5. The minimum atomic E-state index is -1.01. The number of aromatic amines is 1. The highest BCUT2D eigenvalue weighted by molar-refractivity contribution is 6.32. The van der Waals surface area contributed by atoms with E-state index in [0.29, 0.717) is 33.4 Å². The summed E-state index contributed by atoms with van der Waals surface area (Å²) in [6.45, 7) is 0.115. The largest absolute Gasteiger partial charge is 0.454 e. The van der Waals surface area contributed by atoms with Crippen LogP contribution in [0.3, 0.4) is 0 Å². The van der Waals surface area contributed by atoms with Crippen molar-refractivity contribution in [1.29, 1.82) is 5.26 Å². The second-order valence-electron chi connectivity index (χ2n) is 5.67. The zero-order valence-electron chi connectivity index (χ0n) is 13.4. The second kappa shape index (κ2) is 6.54. The van der Waals surface area contributed by atoms with E-state index in [2.05, 4.69) is 9.97 Å². The summed E-state index contributed by atoms with van der Waals surface area (Å²) in [6, 6.07) is 12.8. The van der Waals surface area contributed by atoms with Crippen molar-refractivity contribution in [1.82, 2.24) is 9.97 Å². The first-order valence-corrected chi connectivity index (χ1v) is 8.19. The molecule has 6 nitrogen and oxygen atoms in total. The van der Waals surface area contributed by atoms with Gasteiger partial charge in [-0.05, 0) is 35.9 Å². The molecule has 128 valence electrons. The highest BCUT2D eigenvalue weighted by Gasteiger charge is 2.22. The number of carbonyl (C=O) groups excluding carboxylic acids is 1. The molecule has 2 heterocycles. The molecule has 0 fully saturated rings. The molecule has 0 saturated heterocycles. The lowest BCUT2D eigenvalue weighted by atomic mass is 10.0. The van der Waals surface area contributed by atoms with Crippen molar-refractivity contribution in [2.45, 2.75) is 5.92 Å². The number of halogens is 1. The number of hydrogen-bond donors (Lipinski definition) is 1. The van der Waals surface area contributed by atoms with Crippen molar-refractivity contribution in [3.63, 3.8) is 0 Å². The number of rotatable bonds is 4. The Morgan fingerprint density at radius 2 is 2.19 bits per heavy atom. The van der Waals surface area contributed by atoms with Gasteiger partial charge in [0.15, 0.2) is 23.2 Å². The molecule has 1 N–H and O–H groups in total. The lowest BCUT2D eigenvalue weighted by Gasteiger charge is -2.02. The van der Waals surface area contributed by atoms with Crippen LogP contribution in [0.1, 0.15) is 17.3 Å². The van der Waals surface area contributed by atoms with Crippen LogP contribution in [0.4, 0.5) is 0 Å². The van der Waals surface area contributed by atoms with Crippen LogP contribution in [0.5, 0.6) is 11.5 Å². The van der Waals surface area contributed by atoms with Gasteiger partial charge in [-0.2, -0.15) is 5.26 Å². The van der Waals surface area contributed by atoms with E-state index < -0.39 is 5.92 Å². The van der Waals surface area contributed by atoms with Crippen LogP contribution in [-0.2, 0) is 4.79 Å². The highest BCUT2D eigenvalue weighted by atomic mass is 35.5. The van der Waals surface area contributed by atoms with Crippen LogP contribution < -0.4 is 9.47 Å². The average Bonchev–Trinajstić information content (AvgIpc) is 3.27. The summed E-state index contributed by atoms with van der Waals surface area (Å²) in [4.78, 5) is 19.8. The van der Waals surface area contributed by atoms with Crippen LogP contribution in [0, 0.1) is 11.3 Å². The number of carbonyl (C=O) groups is 1. The number of aromatic nitrogens is 2. The van der Waals surface area contributed by atoms with Crippen LogP contribution in [-0.4, -0.2) is 22.5 Å². The first kappa shape index (κ1) is 16.2. The Morgan fingerprint density at radius 3 is 3.00 bits per heavy atom. The van der Waals surface area contributed by atoms with Gasteiger partial charge in [-0.3, -0.25) is 4.79 Å². The molecule has 2 aromatic carbocycles. The van der Waals surface area contributed by atoms with Crippen molar-refractivity contribution in [2.24, 2.45) is 0 Å². The van der Waals surface area contributed by atoms with Crippen LogP contribution in [0.15, 0.2) is 42.5 Å². The maximum atomic E-state index is 12.5. The predicted molar refractivity (Wildman–Crippen MR) is 96.1 cm³/mol. The molecule has 0 aliphatic carbocycles. The molecule has 0 radical (unpaired) electrons. The van der Waals surface area contributed by atoms with Crippen molar-refractivity contribution in [3.8, 4) is 17.6 Å². The molecule has 4 rings (SSSR count).